The van der Waals surface area contributed by atoms with Crippen LogP contribution < -0.4 is 0 Å². The number of halogens is 3. The third-order valence-corrected chi connectivity index (χ3v) is 1.56. The molecule has 0 spiro atoms. The molecule has 0 bridgehead atoms. The molecule has 0 fully saturated rings. The number of aliphatic hydroxyl groups excluding tert-OH is 1. The Morgan fingerprint density at radius 2 is 2.00 bits per heavy atom. The molecule has 0 unspecified atom stereocenters. The van der Waals surface area contributed by atoms with Crippen molar-refractivity contribution in [2.75, 3.05) is 0 Å². The van der Waals surface area contributed by atoms with E-state index in [1.54, 1.807) is 13.0 Å². The van der Waals surface area contributed by atoms with E-state index in [1.807, 2.05) is 0 Å². The zero-order valence-electron chi connectivity index (χ0n) is 6.60. The molecule has 0 saturated carbocycles. The highest BCUT2D eigenvalue weighted by Crippen LogP contribution is 2.25. The van der Waals surface area contributed by atoms with Crippen LogP contribution in [-0.2, 0) is 0 Å². The van der Waals surface area contributed by atoms with E-state index in [0.717, 1.165) is 0 Å². The molecular formula is C7H10F3NO. The maximum absolute atomic E-state index is 11.7. The minimum Gasteiger partial charge on any atom is -0.384 e. The Hall–Kier alpha value is -0.760. The average molecular weight is 181 g/mol. The molecule has 0 aliphatic carbocycles. The molecule has 0 aromatic heterocycles. The van der Waals surface area contributed by atoms with Crippen molar-refractivity contribution in [1.29, 1.82) is 5.26 Å². The second-order valence-electron chi connectivity index (χ2n) is 2.53. The summed E-state index contributed by atoms with van der Waals surface area (Å²) in [6.45, 7) is 1.61. The number of aliphatic hydroxyl groups is 1. The Labute approximate surface area is 68.6 Å². The van der Waals surface area contributed by atoms with Gasteiger partial charge in [-0.15, -0.1) is 0 Å². The number of hydrogen-bond acceptors (Lipinski definition) is 2. The van der Waals surface area contributed by atoms with Gasteiger partial charge in [0.05, 0.1) is 6.07 Å². The molecule has 2 nitrogen and oxygen atoms in total. The van der Waals surface area contributed by atoms with Crippen molar-refractivity contribution >= 4 is 0 Å². The highest BCUT2D eigenvalue weighted by Gasteiger charge is 2.39. The van der Waals surface area contributed by atoms with Gasteiger partial charge in [0.25, 0.3) is 0 Å². The highest BCUT2D eigenvalue weighted by atomic mass is 19.4. The Morgan fingerprint density at radius 1 is 1.50 bits per heavy atom. The van der Waals surface area contributed by atoms with Crippen molar-refractivity contribution in [3.05, 3.63) is 0 Å². The lowest BCUT2D eigenvalue weighted by Crippen LogP contribution is -2.30. The van der Waals surface area contributed by atoms with Crippen LogP contribution in [0.25, 0.3) is 0 Å². The summed E-state index contributed by atoms with van der Waals surface area (Å²) < 4.78 is 35.2. The van der Waals surface area contributed by atoms with Crippen LogP contribution in [0.5, 0.6) is 0 Å². The van der Waals surface area contributed by atoms with Crippen molar-refractivity contribution in [2.45, 2.75) is 32.0 Å². The first-order valence-electron chi connectivity index (χ1n) is 3.56. The fourth-order valence-electron chi connectivity index (χ4n) is 0.714. The summed E-state index contributed by atoms with van der Waals surface area (Å²) in [6, 6.07) is 1.69. The van der Waals surface area contributed by atoms with Gasteiger partial charge in [0.1, 0.15) is 0 Å². The Kier molecular flexibility index (Phi) is 4.04. The highest BCUT2D eigenvalue weighted by molar-refractivity contribution is 4.85. The summed E-state index contributed by atoms with van der Waals surface area (Å²) in [4.78, 5) is 0. The molecule has 1 N–H and O–H groups in total. The van der Waals surface area contributed by atoms with Crippen molar-refractivity contribution in [1.82, 2.24) is 0 Å². The van der Waals surface area contributed by atoms with E-state index >= 15 is 0 Å². The molecule has 0 rings (SSSR count). The molecule has 0 heterocycles. The number of nitrogens with zero attached hydrogens (tertiary/aromatic N) is 1. The van der Waals surface area contributed by atoms with Crippen molar-refractivity contribution in [3.63, 3.8) is 0 Å². The quantitative estimate of drug-likeness (QED) is 0.722. The van der Waals surface area contributed by atoms with E-state index in [2.05, 4.69) is 0 Å². The summed E-state index contributed by atoms with van der Waals surface area (Å²) >= 11 is 0. The minimum atomic E-state index is -4.61. The van der Waals surface area contributed by atoms with Crippen LogP contribution in [-0.4, -0.2) is 17.4 Å². The number of rotatable bonds is 3. The summed E-state index contributed by atoms with van der Waals surface area (Å²) in [5.41, 5.74) is 0. The lowest BCUT2D eigenvalue weighted by Gasteiger charge is -2.15. The van der Waals surface area contributed by atoms with Crippen molar-refractivity contribution < 1.29 is 18.3 Å². The van der Waals surface area contributed by atoms with Gasteiger partial charge in [0.2, 0.25) is 0 Å². The molecule has 0 aromatic carbocycles. The number of nitriles is 1. The predicted octanol–water partition coefficient (Wildman–Crippen LogP) is 1.85. The molecule has 0 saturated heterocycles. The number of hydrogen-bond donors (Lipinski definition) is 1. The van der Waals surface area contributed by atoms with Crippen LogP contribution in [0.3, 0.4) is 0 Å². The van der Waals surface area contributed by atoms with E-state index in [9.17, 15) is 13.2 Å². The second-order valence-corrected chi connectivity index (χ2v) is 2.53. The molecule has 2 atom stereocenters. The molecule has 0 radical (unpaired) electrons. The van der Waals surface area contributed by atoms with Crippen LogP contribution in [0.15, 0.2) is 0 Å². The number of alkyl halides is 3. The molecule has 12 heavy (non-hydrogen) atoms. The summed E-state index contributed by atoms with van der Waals surface area (Å²) in [7, 11) is 0. The molecule has 0 aromatic rings. The van der Waals surface area contributed by atoms with E-state index in [-0.39, 0.29) is 0 Å². The first-order chi connectivity index (χ1) is 5.41. The Balaban J connectivity index is 4.01. The van der Waals surface area contributed by atoms with Gasteiger partial charge in [-0.3, -0.25) is 0 Å². The molecule has 0 amide bonds. The largest absolute Gasteiger partial charge is 0.414 e. The van der Waals surface area contributed by atoms with Gasteiger partial charge in [-0.1, -0.05) is 6.92 Å². The van der Waals surface area contributed by atoms with Crippen LogP contribution in [0, 0.1) is 17.2 Å². The van der Waals surface area contributed by atoms with E-state index in [4.69, 9.17) is 10.4 Å². The fraction of sp³-hybridized carbons (Fsp3) is 0.857. The zero-order chi connectivity index (χ0) is 9.78. The molecule has 5 heteroatoms. The second kappa shape index (κ2) is 4.31. The predicted molar refractivity (Wildman–Crippen MR) is 36.1 cm³/mol. The Bertz CT molecular complexity index is 172. The van der Waals surface area contributed by atoms with Crippen molar-refractivity contribution in [3.8, 4) is 6.07 Å². The first kappa shape index (κ1) is 11.2. The Morgan fingerprint density at radius 3 is 2.25 bits per heavy atom. The lowest BCUT2D eigenvalue weighted by atomic mass is 10.0. The van der Waals surface area contributed by atoms with Gasteiger partial charge in [-0.05, 0) is 12.8 Å². The maximum Gasteiger partial charge on any atom is 0.414 e. The first-order valence-corrected chi connectivity index (χ1v) is 3.56. The SMILES string of the molecule is CC[C@H](C#N)C[C@H](O)C(F)(F)F. The van der Waals surface area contributed by atoms with E-state index in [1.165, 1.54) is 0 Å². The fourth-order valence-corrected chi connectivity index (χ4v) is 0.714. The average Bonchev–Trinajstić information content (AvgIpc) is 1.97. The van der Waals surface area contributed by atoms with E-state index < -0.39 is 24.6 Å². The van der Waals surface area contributed by atoms with Gasteiger partial charge in [-0.2, -0.15) is 18.4 Å². The van der Waals surface area contributed by atoms with Crippen molar-refractivity contribution in [2.24, 2.45) is 5.92 Å². The van der Waals surface area contributed by atoms with Gasteiger partial charge in [0, 0.05) is 5.92 Å². The van der Waals surface area contributed by atoms with Gasteiger partial charge in [0.15, 0.2) is 6.10 Å². The van der Waals surface area contributed by atoms with Gasteiger partial charge < -0.3 is 5.11 Å². The molecule has 0 aliphatic heterocycles. The summed E-state index contributed by atoms with van der Waals surface area (Å²) in [5, 5.41) is 16.9. The topological polar surface area (TPSA) is 44.0 Å². The molecular weight excluding hydrogens is 171 g/mol. The van der Waals surface area contributed by atoms with E-state index in [0.29, 0.717) is 6.42 Å². The standard InChI is InChI=1S/C7H10F3NO/c1-2-5(4-11)3-6(12)7(8,9)10/h5-6,12H,2-3H2,1H3/t5-,6-/m0/s1. The van der Waals surface area contributed by atoms with Crippen LogP contribution >= 0.6 is 0 Å². The maximum atomic E-state index is 11.7. The molecule has 70 valence electrons. The van der Waals surface area contributed by atoms with Crippen LogP contribution in [0.2, 0.25) is 0 Å². The third-order valence-electron chi connectivity index (χ3n) is 1.56. The molecule has 0 aliphatic rings. The third kappa shape index (κ3) is 3.58. The normalized spacial score (nSPS) is 16.7. The van der Waals surface area contributed by atoms with Crippen LogP contribution in [0.1, 0.15) is 19.8 Å². The smallest absolute Gasteiger partial charge is 0.384 e. The zero-order valence-corrected chi connectivity index (χ0v) is 6.60. The van der Waals surface area contributed by atoms with Crippen LogP contribution in [0.4, 0.5) is 13.2 Å². The van der Waals surface area contributed by atoms with Gasteiger partial charge >= 0.3 is 6.18 Å². The summed E-state index contributed by atoms with van der Waals surface area (Å²) in [6.07, 6.45) is -7.19. The van der Waals surface area contributed by atoms with Gasteiger partial charge in [-0.25, -0.2) is 0 Å². The lowest BCUT2D eigenvalue weighted by molar-refractivity contribution is -0.207. The summed E-state index contributed by atoms with van der Waals surface area (Å²) in [5.74, 6) is -0.721. The monoisotopic (exact) mass is 181 g/mol. The minimum absolute atomic E-state index is 0.323.